The molecule has 0 amide bonds. The Kier molecular flexibility index (Phi) is 4.32. The average Bonchev–Trinajstić information content (AvgIpc) is 2.46. The molecule has 0 spiro atoms. The van der Waals surface area contributed by atoms with Crippen molar-refractivity contribution in [2.24, 2.45) is 0 Å². The minimum absolute atomic E-state index is 0.0147. The second kappa shape index (κ2) is 6.17. The van der Waals surface area contributed by atoms with Crippen LogP contribution in [0.3, 0.4) is 0 Å². The summed E-state index contributed by atoms with van der Waals surface area (Å²) in [5.74, 6) is -1.02. The molecule has 0 atom stereocenters. The Balaban J connectivity index is 2.44. The van der Waals surface area contributed by atoms with Crippen molar-refractivity contribution in [2.45, 2.75) is 19.8 Å². The number of rotatable bonds is 5. The van der Waals surface area contributed by atoms with Crippen LogP contribution in [0, 0.1) is 10.1 Å². The molecule has 110 valence electrons. The van der Waals surface area contributed by atoms with Gasteiger partial charge in [-0.2, -0.15) is 0 Å². The molecule has 1 heterocycles. The number of nitro benzene ring substituents is 1. The van der Waals surface area contributed by atoms with Crippen molar-refractivity contribution in [3.8, 4) is 0 Å². The van der Waals surface area contributed by atoms with E-state index in [-0.39, 0.29) is 29.0 Å². The van der Waals surface area contributed by atoms with Gasteiger partial charge in [-0.15, -0.1) is 0 Å². The quantitative estimate of drug-likeness (QED) is 0.363. The Morgan fingerprint density at radius 1 is 1.43 bits per heavy atom. The second-order valence-electron chi connectivity index (χ2n) is 4.37. The molecule has 21 heavy (non-hydrogen) atoms. The highest BCUT2D eigenvalue weighted by atomic mass is 16.6. The minimum Gasteiger partial charge on any atom is -0.460 e. The molecule has 0 radical (unpaired) electrons. The number of fused-ring (bicyclic) bond motifs is 1. The third-order valence-electron chi connectivity index (χ3n) is 2.86. The summed E-state index contributed by atoms with van der Waals surface area (Å²) in [4.78, 5) is 34.0. The normalized spacial score (nSPS) is 10.5. The van der Waals surface area contributed by atoms with E-state index in [9.17, 15) is 19.7 Å². The van der Waals surface area contributed by atoms with Crippen LogP contribution in [0.4, 0.5) is 5.69 Å². The van der Waals surface area contributed by atoms with E-state index in [1.54, 1.807) is 0 Å². The zero-order valence-electron chi connectivity index (χ0n) is 11.3. The number of nitro groups is 1. The van der Waals surface area contributed by atoms with E-state index in [4.69, 9.17) is 9.15 Å². The third kappa shape index (κ3) is 3.07. The molecular formula is C14H13NO6. The van der Waals surface area contributed by atoms with Crippen LogP contribution >= 0.6 is 0 Å². The van der Waals surface area contributed by atoms with Gasteiger partial charge in [0, 0.05) is 12.1 Å². The van der Waals surface area contributed by atoms with Crippen LogP contribution in [-0.2, 0) is 4.74 Å². The molecule has 1 aromatic carbocycles. The highest BCUT2D eigenvalue weighted by Crippen LogP contribution is 2.23. The Hall–Kier alpha value is -2.70. The predicted molar refractivity (Wildman–Crippen MR) is 74.3 cm³/mol. The lowest BCUT2D eigenvalue weighted by Gasteiger charge is -2.04. The Morgan fingerprint density at radius 2 is 2.19 bits per heavy atom. The van der Waals surface area contributed by atoms with Crippen molar-refractivity contribution >= 4 is 22.6 Å². The molecule has 0 unspecified atom stereocenters. The standard InChI is InChI=1S/C14H13NO6/c1-2-3-7-20-14(17)12-8-10(16)13-9(15(18)19)5-4-6-11(13)21-12/h4-6,8H,2-3,7H2,1H3. The van der Waals surface area contributed by atoms with Crippen LogP contribution in [0.25, 0.3) is 11.0 Å². The molecule has 2 rings (SSSR count). The summed E-state index contributed by atoms with van der Waals surface area (Å²) in [6.07, 6.45) is 1.57. The number of nitrogens with zero attached hydrogens (tertiary/aromatic N) is 1. The molecule has 0 aliphatic rings. The summed E-state index contributed by atoms with van der Waals surface area (Å²) >= 11 is 0. The largest absolute Gasteiger partial charge is 0.460 e. The maximum absolute atomic E-state index is 12.0. The van der Waals surface area contributed by atoms with E-state index in [1.807, 2.05) is 6.92 Å². The van der Waals surface area contributed by atoms with Gasteiger partial charge in [0.2, 0.25) is 11.2 Å². The van der Waals surface area contributed by atoms with Gasteiger partial charge < -0.3 is 9.15 Å². The Bertz CT molecular complexity index is 749. The number of unbranched alkanes of at least 4 members (excludes halogenated alkanes) is 1. The molecule has 0 fully saturated rings. The van der Waals surface area contributed by atoms with E-state index >= 15 is 0 Å². The zero-order valence-corrected chi connectivity index (χ0v) is 11.3. The van der Waals surface area contributed by atoms with Crippen LogP contribution < -0.4 is 5.43 Å². The van der Waals surface area contributed by atoms with E-state index in [0.29, 0.717) is 6.42 Å². The molecule has 0 saturated carbocycles. The molecule has 0 aliphatic heterocycles. The van der Waals surface area contributed by atoms with Crippen LogP contribution in [0.5, 0.6) is 0 Å². The van der Waals surface area contributed by atoms with Crippen LogP contribution in [-0.4, -0.2) is 17.5 Å². The first kappa shape index (κ1) is 14.7. The number of carbonyl (C=O) groups excluding carboxylic acids is 1. The van der Waals surface area contributed by atoms with E-state index < -0.39 is 16.3 Å². The molecule has 0 bridgehead atoms. The molecular weight excluding hydrogens is 278 g/mol. The Labute approximate surface area is 119 Å². The molecule has 2 aromatic rings. The van der Waals surface area contributed by atoms with E-state index in [0.717, 1.165) is 12.5 Å². The van der Waals surface area contributed by atoms with Crippen molar-refractivity contribution in [2.75, 3.05) is 6.61 Å². The number of carbonyl (C=O) groups is 1. The van der Waals surface area contributed by atoms with Crippen molar-refractivity contribution in [3.05, 3.63) is 50.4 Å². The molecule has 0 N–H and O–H groups in total. The molecule has 7 heteroatoms. The second-order valence-corrected chi connectivity index (χ2v) is 4.37. The zero-order chi connectivity index (χ0) is 15.4. The summed E-state index contributed by atoms with van der Waals surface area (Å²) < 4.78 is 10.2. The third-order valence-corrected chi connectivity index (χ3v) is 2.86. The Morgan fingerprint density at radius 3 is 2.86 bits per heavy atom. The van der Waals surface area contributed by atoms with E-state index in [1.165, 1.54) is 18.2 Å². The number of hydrogen-bond acceptors (Lipinski definition) is 6. The van der Waals surface area contributed by atoms with E-state index in [2.05, 4.69) is 0 Å². The van der Waals surface area contributed by atoms with Crippen LogP contribution in [0.2, 0.25) is 0 Å². The minimum atomic E-state index is -0.756. The lowest BCUT2D eigenvalue weighted by atomic mass is 10.2. The molecule has 0 aliphatic carbocycles. The number of hydrogen-bond donors (Lipinski definition) is 0. The van der Waals surface area contributed by atoms with Gasteiger partial charge in [0.1, 0.15) is 11.0 Å². The molecule has 7 nitrogen and oxygen atoms in total. The lowest BCUT2D eigenvalue weighted by Crippen LogP contribution is -2.11. The van der Waals surface area contributed by atoms with Crippen LogP contribution in [0.1, 0.15) is 30.3 Å². The average molecular weight is 291 g/mol. The first-order chi connectivity index (χ1) is 10.0. The van der Waals surface area contributed by atoms with Crippen molar-refractivity contribution in [1.29, 1.82) is 0 Å². The van der Waals surface area contributed by atoms with Gasteiger partial charge >= 0.3 is 5.97 Å². The monoisotopic (exact) mass is 291 g/mol. The highest BCUT2D eigenvalue weighted by molar-refractivity contribution is 5.91. The summed E-state index contributed by atoms with van der Waals surface area (Å²) in [6.45, 7) is 2.18. The number of non-ortho nitro benzene ring substituents is 1. The summed E-state index contributed by atoms with van der Waals surface area (Å²) in [6, 6.07) is 4.91. The highest BCUT2D eigenvalue weighted by Gasteiger charge is 2.19. The van der Waals surface area contributed by atoms with Gasteiger partial charge in [-0.1, -0.05) is 19.4 Å². The predicted octanol–water partition coefficient (Wildman–Crippen LogP) is 2.66. The summed E-state index contributed by atoms with van der Waals surface area (Å²) in [5, 5.41) is 10.7. The molecule has 0 saturated heterocycles. The first-order valence-corrected chi connectivity index (χ1v) is 6.43. The van der Waals surface area contributed by atoms with Gasteiger partial charge in [0.15, 0.2) is 0 Å². The number of ether oxygens (including phenoxy) is 1. The maximum Gasteiger partial charge on any atom is 0.374 e. The lowest BCUT2D eigenvalue weighted by molar-refractivity contribution is -0.383. The number of esters is 1. The van der Waals surface area contributed by atoms with Crippen molar-refractivity contribution in [3.63, 3.8) is 0 Å². The van der Waals surface area contributed by atoms with Gasteiger partial charge in [-0.05, 0) is 12.5 Å². The molecule has 1 aromatic heterocycles. The summed E-state index contributed by atoms with van der Waals surface area (Å²) in [7, 11) is 0. The first-order valence-electron chi connectivity index (χ1n) is 6.43. The van der Waals surface area contributed by atoms with Gasteiger partial charge in [-0.25, -0.2) is 4.79 Å². The SMILES string of the molecule is CCCCOC(=O)c1cc(=O)c2c([N+](=O)[O-])cccc2o1. The van der Waals surface area contributed by atoms with Gasteiger partial charge in [-0.3, -0.25) is 14.9 Å². The number of benzene rings is 1. The van der Waals surface area contributed by atoms with Crippen molar-refractivity contribution in [1.82, 2.24) is 0 Å². The van der Waals surface area contributed by atoms with Gasteiger partial charge in [0.25, 0.3) is 5.69 Å². The fourth-order valence-electron chi connectivity index (χ4n) is 1.82. The fourth-order valence-corrected chi connectivity index (χ4v) is 1.82. The van der Waals surface area contributed by atoms with Crippen molar-refractivity contribution < 1.29 is 18.9 Å². The van der Waals surface area contributed by atoms with Gasteiger partial charge in [0.05, 0.1) is 11.5 Å². The van der Waals surface area contributed by atoms with Crippen LogP contribution in [0.15, 0.2) is 33.5 Å². The summed E-state index contributed by atoms with van der Waals surface area (Å²) in [5.41, 5.74) is -1.02. The smallest absolute Gasteiger partial charge is 0.374 e. The topological polar surface area (TPSA) is 99.7 Å². The maximum atomic E-state index is 12.0. The fraction of sp³-hybridized carbons (Fsp3) is 0.286.